The van der Waals surface area contributed by atoms with Crippen molar-refractivity contribution in [1.29, 1.82) is 0 Å². The van der Waals surface area contributed by atoms with Gasteiger partial charge < -0.3 is 9.80 Å². The molecule has 2 aromatic rings. The van der Waals surface area contributed by atoms with E-state index in [-0.39, 0.29) is 11.8 Å². The van der Waals surface area contributed by atoms with Crippen LogP contribution in [0.3, 0.4) is 0 Å². The zero-order valence-corrected chi connectivity index (χ0v) is 15.4. The number of pyridine rings is 1. The Hall–Kier alpha value is -2.69. The third-order valence-electron chi connectivity index (χ3n) is 4.80. The maximum atomic E-state index is 12.9. The van der Waals surface area contributed by atoms with Gasteiger partial charge in [0.2, 0.25) is 0 Å². The Morgan fingerprint density at radius 2 is 2.00 bits per heavy atom. The first-order valence-corrected chi connectivity index (χ1v) is 9.22. The fraction of sp³-hybridized carbons (Fsp3) is 0.381. The van der Waals surface area contributed by atoms with Crippen LogP contribution in [0.25, 0.3) is 0 Å². The molecule has 3 rings (SSSR count). The van der Waals surface area contributed by atoms with E-state index in [1.54, 1.807) is 23.2 Å². The number of likely N-dealkylation sites (tertiary alicyclic amines) is 1. The summed E-state index contributed by atoms with van der Waals surface area (Å²) in [5.74, 6) is 0.306. The second-order valence-electron chi connectivity index (χ2n) is 6.81. The number of amides is 2. The van der Waals surface area contributed by atoms with Crippen LogP contribution in [-0.2, 0) is 0 Å². The number of benzene rings is 1. The van der Waals surface area contributed by atoms with Crippen molar-refractivity contribution in [2.24, 2.45) is 5.92 Å². The molecule has 1 atom stereocenters. The third-order valence-corrected chi connectivity index (χ3v) is 4.80. The molecule has 1 aromatic heterocycles. The van der Waals surface area contributed by atoms with Crippen LogP contribution >= 0.6 is 0 Å². The van der Waals surface area contributed by atoms with Crippen LogP contribution in [0.5, 0.6) is 0 Å². The van der Waals surface area contributed by atoms with E-state index in [4.69, 9.17) is 0 Å². The molecule has 1 aromatic carbocycles. The lowest BCUT2D eigenvalue weighted by Gasteiger charge is -2.31. The van der Waals surface area contributed by atoms with Gasteiger partial charge in [-0.3, -0.25) is 14.6 Å². The highest BCUT2D eigenvalue weighted by Gasteiger charge is 2.24. The minimum Gasteiger partial charge on any atom is -0.338 e. The molecule has 1 unspecified atom stereocenters. The molecule has 1 fully saturated rings. The summed E-state index contributed by atoms with van der Waals surface area (Å²) in [7, 11) is 0. The van der Waals surface area contributed by atoms with Gasteiger partial charge in [-0.1, -0.05) is 25.1 Å². The van der Waals surface area contributed by atoms with E-state index in [1.807, 2.05) is 42.2 Å². The van der Waals surface area contributed by atoms with E-state index in [0.717, 1.165) is 31.6 Å². The summed E-state index contributed by atoms with van der Waals surface area (Å²) in [4.78, 5) is 33.5. The smallest absolute Gasteiger partial charge is 0.276 e. The van der Waals surface area contributed by atoms with E-state index in [9.17, 15) is 9.59 Å². The summed E-state index contributed by atoms with van der Waals surface area (Å²) in [5.41, 5.74) is 1.65. The zero-order valence-electron chi connectivity index (χ0n) is 15.4. The Balaban J connectivity index is 1.82. The summed E-state index contributed by atoms with van der Waals surface area (Å²) in [6.07, 6.45) is 3.74. The fourth-order valence-electron chi connectivity index (χ4n) is 3.43. The molecule has 1 aliphatic rings. The molecule has 26 heavy (non-hydrogen) atoms. The zero-order chi connectivity index (χ0) is 18.5. The van der Waals surface area contributed by atoms with Gasteiger partial charge in [0.15, 0.2) is 0 Å². The first kappa shape index (κ1) is 18.1. The summed E-state index contributed by atoms with van der Waals surface area (Å²) >= 11 is 0. The van der Waals surface area contributed by atoms with Crippen molar-refractivity contribution in [3.63, 3.8) is 0 Å². The molecule has 0 bridgehead atoms. The summed E-state index contributed by atoms with van der Waals surface area (Å²) < 4.78 is 0. The molecule has 1 aliphatic heterocycles. The predicted molar refractivity (Wildman–Crippen MR) is 102 cm³/mol. The van der Waals surface area contributed by atoms with Gasteiger partial charge >= 0.3 is 0 Å². The number of carbonyl (C=O) groups is 2. The fourth-order valence-corrected chi connectivity index (χ4v) is 3.43. The largest absolute Gasteiger partial charge is 0.338 e. The Morgan fingerprint density at radius 1 is 1.23 bits per heavy atom. The van der Waals surface area contributed by atoms with E-state index in [2.05, 4.69) is 11.9 Å². The highest BCUT2D eigenvalue weighted by molar-refractivity contribution is 6.06. The van der Waals surface area contributed by atoms with Crippen LogP contribution in [-0.4, -0.2) is 41.3 Å². The molecular weight excluding hydrogens is 326 g/mol. The predicted octanol–water partition coefficient (Wildman–Crippen LogP) is 3.62. The molecule has 0 spiro atoms. The Bertz CT molecular complexity index is 776. The lowest BCUT2D eigenvalue weighted by atomic mass is 9.99. The van der Waals surface area contributed by atoms with Crippen molar-refractivity contribution in [1.82, 2.24) is 9.88 Å². The molecule has 1 saturated heterocycles. The summed E-state index contributed by atoms with van der Waals surface area (Å²) in [6.45, 7) is 6.18. The molecule has 0 N–H and O–H groups in total. The molecule has 2 amide bonds. The minimum atomic E-state index is -0.194. The van der Waals surface area contributed by atoms with Gasteiger partial charge in [-0.2, -0.15) is 0 Å². The topological polar surface area (TPSA) is 53.5 Å². The lowest BCUT2D eigenvalue weighted by molar-refractivity contribution is 0.0683. The molecular formula is C21H25N3O2. The normalized spacial score (nSPS) is 17.0. The second kappa shape index (κ2) is 8.13. The molecule has 5 heteroatoms. The van der Waals surface area contributed by atoms with Crippen molar-refractivity contribution in [3.8, 4) is 0 Å². The monoisotopic (exact) mass is 351 g/mol. The molecule has 136 valence electrons. The van der Waals surface area contributed by atoms with E-state index < -0.39 is 0 Å². The highest BCUT2D eigenvalue weighted by Crippen LogP contribution is 2.19. The van der Waals surface area contributed by atoms with Gasteiger partial charge in [-0.25, -0.2) is 0 Å². The van der Waals surface area contributed by atoms with Crippen LogP contribution in [0.1, 0.15) is 47.5 Å². The van der Waals surface area contributed by atoms with Crippen molar-refractivity contribution in [3.05, 3.63) is 59.9 Å². The number of rotatable bonds is 4. The number of anilines is 1. The standard InChI is InChI=1S/C21H25N3O2/c1-3-24(18-9-5-4-6-10-18)21(26)19-14-17(11-12-22-19)20(25)23-13-7-8-16(2)15-23/h4-6,9-12,14,16H,3,7-8,13,15H2,1-2H3. The van der Waals surface area contributed by atoms with Crippen molar-refractivity contribution < 1.29 is 9.59 Å². The van der Waals surface area contributed by atoms with Crippen LogP contribution in [0.4, 0.5) is 5.69 Å². The van der Waals surface area contributed by atoms with Gasteiger partial charge in [0, 0.05) is 37.1 Å². The Morgan fingerprint density at radius 3 is 2.69 bits per heavy atom. The number of carbonyl (C=O) groups excluding carboxylic acids is 2. The van der Waals surface area contributed by atoms with Gasteiger partial charge in [-0.15, -0.1) is 0 Å². The van der Waals surface area contributed by atoms with Crippen LogP contribution in [0.15, 0.2) is 48.7 Å². The SMILES string of the molecule is CCN(C(=O)c1cc(C(=O)N2CCCC(C)C2)ccn1)c1ccccc1. The van der Waals surface area contributed by atoms with Gasteiger partial charge in [-0.05, 0) is 49.9 Å². The Kier molecular flexibility index (Phi) is 5.66. The van der Waals surface area contributed by atoms with E-state index in [0.29, 0.717) is 23.7 Å². The Labute approximate surface area is 154 Å². The summed E-state index contributed by atoms with van der Waals surface area (Å²) in [6, 6.07) is 12.8. The highest BCUT2D eigenvalue weighted by atomic mass is 16.2. The minimum absolute atomic E-state index is 0.0178. The number of hydrogen-bond donors (Lipinski definition) is 0. The molecule has 5 nitrogen and oxygen atoms in total. The molecule has 0 aliphatic carbocycles. The number of aromatic nitrogens is 1. The average molecular weight is 351 g/mol. The quantitative estimate of drug-likeness (QED) is 0.845. The number of para-hydroxylation sites is 1. The van der Waals surface area contributed by atoms with E-state index in [1.165, 1.54) is 0 Å². The van der Waals surface area contributed by atoms with Crippen molar-refractivity contribution in [2.45, 2.75) is 26.7 Å². The van der Waals surface area contributed by atoms with Gasteiger partial charge in [0.25, 0.3) is 11.8 Å². The second-order valence-corrected chi connectivity index (χ2v) is 6.81. The van der Waals surface area contributed by atoms with Gasteiger partial charge in [0.05, 0.1) is 0 Å². The lowest BCUT2D eigenvalue weighted by Crippen LogP contribution is -2.39. The van der Waals surface area contributed by atoms with Crippen molar-refractivity contribution in [2.75, 3.05) is 24.5 Å². The third kappa shape index (κ3) is 3.93. The van der Waals surface area contributed by atoms with Crippen molar-refractivity contribution >= 4 is 17.5 Å². The number of piperidine rings is 1. The summed E-state index contributed by atoms with van der Waals surface area (Å²) in [5, 5.41) is 0. The molecule has 0 saturated carbocycles. The molecule has 2 heterocycles. The number of nitrogens with zero attached hydrogens (tertiary/aromatic N) is 3. The van der Waals surface area contributed by atoms with Crippen LogP contribution in [0.2, 0.25) is 0 Å². The van der Waals surface area contributed by atoms with Crippen LogP contribution in [0, 0.1) is 5.92 Å². The first-order valence-electron chi connectivity index (χ1n) is 9.22. The number of hydrogen-bond acceptors (Lipinski definition) is 3. The van der Waals surface area contributed by atoms with Crippen LogP contribution < -0.4 is 4.90 Å². The maximum absolute atomic E-state index is 12.9. The van der Waals surface area contributed by atoms with Gasteiger partial charge in [0.1, 0.15) is 5.69 Å². The van der Waals surface area contributed by atoms with E-state index >= 15 is 0 Å². The maximum Gasteiger partial charge on any atom is 0.276 e. The average Bonchev–Trinajstić information content (AvgIpc) is 2.69. The molecule has 0 radical (unpaired) electrons. The first-order chi connectivity index (χ1) is 12.6.